The van der Waals surface area contributed by atoms with E-state index in [9.17, 15) is 13.6 Å². The van der Waals surface area contributed by atoms with E-state index in [0.29, 0.717) is 6.54 Å². The fourth-order valence-corrected chi connectivity index (χ4v) is 4.39. The number of nitrogens with zero attached hydrogens (tertiary/aromatic N) is 2. The number of aromatic amines is 1. The van der Waals surface area contributed by atoms with Crippen molar-refractivity contribution in [3.8, 4) is 11.3 Å². The molecule has 3 heterocycles. The minimum absolute atomic E-state index is 0.00329. The first-order valence-electron chi connectivity index (χ1n) is 10.6. The van der Waals surface area contributed by atoms with Crippen molar-refractivity contribution in [2.24, 2.45) is 0 Å². The van der Waals surface area contributed by atoms with E-state index in [4.69, 9.17) is 0 Å². The number of hydrogen-bond acceptors (Lipinski definition) is 3. The quantitative estimate of drug-likeness (QED) is 0.488. The summed E-state index contributed by atoms with van der Waals surface area (Å²) in [5, 5.41) is 4.07. The number of rotatable bonds is 5. The molecule has 1 unspecified atom stereocenters. The van der Waals surface area contributed by atoms with Crippen LogP contribution in [0.25, 0.3) is 22.2 Å². The standard InChI is InChI=1S/C25H22F2N4O/c26-18-10-17(11-19(27)12-18)25(32)29-20-7-9-31(14-20)15-22-21-5-1-2-6-23(21)30-24(22)16-4-3-8-28-13-16/h1-6,8,10-13,20,30H,7,9,14-15H2,(H,29,32). The maximum atomic E-state index is 13.4. The Bertz CT molecular complexity index is 1250. The lowest BCUT2D eigenvalue weighted by atomic mass is 10.1. The van der Waals surface area contributed by atoms with Crippen molar-refractivity contribution in [2.75, 3.05) is 13.1 Å². The van der Waals surface area contributed by atoms with Crippen LogP contribution >= 0.6 is 0 Å². The molecule has 5 nitrogen and oxygen atoms in total. The first kappa shape index (κ1) is 20.3. The molecule has 162 valence electrons. The molecule has 1 amide bonds. The zero-order chi connectivity index (χ0) is 22.1. The van der Waals surface area contributed by atoms with Gasteiger partial charge in [0.1, 0.15) is 11.6 Å². The lowest BCUT2D eigenvalue weighted by Gasteiger charge is -2.18. The fourth-order valence-electron chi connectivity index (χ4n) is 4.39. The minimum Gasteiger partial charge on any atom is -0.354 e. The van der Waals surface area contributed by atoms with Crippen LogP contribution in [0.15, 0.2) is 67.0 Å². The maximum Gasteiger partial charge on any atom is 0.251 e. The average Bonchev–Trinajstić information content (AvgIpc) is 3.38. The topological polar surface area (TPSA) is 61.0 Å². The molecule has 5 rings (SSSR count). The van der Waals surface area contributed by atoms with Crippen LogP contribution < -0.4 is 5.32 Å². The van der Waals surface area contributed by atoms with Gasteiger partial charge in [-0.05, 0) is 42.3 Å². The van der Waals surface area contributed by atoms with Crippen molar-refractivity contribution in [3.05, 3.63) is 89.8 Å². The molecule has 1 saturated heterocycles. The predicted molar refractivity (Wildman–Crippen MR) is 119 cm³/mol. The average molecular weight is 432 g/mol. The summed E-state index contributed by atoms with van der Waals surface area (Å²) in [5.41, 5.74) is 4.32. The molecular weight excluding hydrogens is 410 g/mol. The van der Waals surface area contributed by atoms with Crippen LogP contribution in [-0.4, -0.2) is 39.9 Å². The number of amides is 1. The highest BCUT2D eigenvalue weighted by molar-refractivity contribution is 5.94. The summed E-state index contributed by atoms with van der Waals surface area (Å²) >= 11 is 0. The third-order valence-corrected chi connectivity index (χ3v) is 5.88. The monoisotopic (exact) mass is 432 g/mol. The highest BCUT2D eigenvalue weighted by atomic mass is 19.1. The Morgan fingerprint density at radius 3 is 2.72 bits per heavy atom. The molecule has 0 radical (unpaired) electrons. The summed E-state index contributed by atoms with van der Waals surface area (Å²) < 4.78 is 26.9. The Hall–Kier alpha value is -3.58. The Labute approximate surface area is 184 Å². The molecule has 4 aromatic rings. The van der Waals surface area contributed by atoms with Crippen LogP contribution in [0.5, 0.6) is 0 Å². The van der Waals surface area contributed by atoms with Crippen molar-refractivity contribution in [1.82, 2.24) is 20.2 Å². The Morgan fingerprint density at radius 2 is 1.94 bits per heavy atom. The number of fused-ring (bicyclic) bond motifs is 1. The SMILES string of the molecule is O=C(NC1CCN(Cc2c(-c3cccnc3)[nH]c3ccccc23)C1)c1cc(F)cc(F)c1. The second-order valence-corrected chi connectivity index (χ2v) is 8.12. The van der Waals surface area contributed by atoms with Gasteiger partial charge in [-0.25, -0.2) is 8.78 Å². The Balaban J connectivity index is 1.33. The number of nitrogens with one attached hydrogen (secondary N) is 2. The van der Waals surface area contributed by atoms with Crippen LogP contribution in [0, 0.1) is 11.6 Å². The van der Waals surface area contributed by atoms with Crippen LogP contribution in [0.4, 0.5) is 8.78 Å². The van der Waals surface area contributed by atoms with Crippen molar-refractivity contribution < 1.29 is 13.6 Å². The molecule has 0 bridgehead atoms. The van der Waals surface area contributed by atoms with E-state index in [1.807, 2.05) is 30.5 Å². The molecule has 1 aliphatic heterocycles. The van der Waals surface area contributed by atoms with Crippen LogP contribution in [0.2, 0.25) is 0 Å². The zero-order valence-electron chi connectivity index (χ0n) is 17.3. The predicted octanol–water partition coefficient (Wildman–Crippen LogP) is 4.51. The van der Waals surface area contributed by atoms with Gasteiger partial charge in [-0.1, -0.05) is 18.2 Å². The minimum atomic E-state index is -0.759. The summed E-state index contributed by atoms with van der Waals surface area (Å²) in [6.07, 6.45) is 4.37. The first-order valence-corrected chi connectivity index (χ1v) is 10.6. The normalized spacial score (nSPS) is 16.5. The molecule has 0 saturated carbocycles. The van der Waals surface area contributed by atoms with Crippen LogP contribution in [0.3, 0.4) is 0 Å². The molecule has 2 N–H and O–H groups in total. The van der Waals surface area contributed by atoms with E-state index in [-0.39, 0.29) is 11.6 Å². The van der Waals surface area contributed by atoms with Gasteiger partial charge in [-0.15, -0.1) is 0 Å². The van der Waals surface area contributed by atoms with Crippen LogP contribution in [-0.2, 0) is 6.54 Å². The number of H-pyrrole nitrogens is 1. The lowest BCUT2D eigenvalue weighted by molar-refractivity contribution is 0.0936. The molecule has 0 spiro atoms. The first-order chi connectivity index (χ1) is 15.6. The number of para-hydroxylation sites is 1. The molecule has 0 aliphatic carbocycles. The van der Waals surface area contributed by atoms with Crippen molar-refractivity contribution in [1.29, 1.82) is 0 Å². The van der Waals surface area contributed by atoms with E-state index in [0.717, 1.165) is 59.9 Å². The van der Waals surface area contributed by atoms with Gasteiger partial charge in [-0.3, -0.25) is 14.7 Å². The van der Waals surface area contributed by atoms with Gasteiger partial charge >= 0.3 is 0 Å². The largest absolute Gasteiger partial charge is 0.354 e. The van der Waals surface area contributed by atoms with Gasteiger partial charge in [0, 0.05) is 66.2 Å². The van der Waals surface area contributed by atoms with Crippen molar-refractivity contribution in [3.63, 3.8) is 0 Å². The van der Waals surface area contributed by atoms with E-state index in [2.05, 4.69) is 32.3 Å². The van der Waals surface area contributed by atoms with Crippen molar-refractivity contribution in [2.45, 2.75) is 19.0 Å². The molecule has 1 atom stereocenters. The molecular formula is C25H22F2N4O. The highest BCUT2D eigenvalue weighted by Crippen LogP contribution is 2.31. The third-order valence-electron chi connectivity index (χ3n) is 5.88. The van der Waals surface area contributed by atoms with Gasteiger partial charge < -0.3 is 10.3 Å². The summed E-state index contributed by atoms with van der Waals surface area (Å²) in [6, 6.07) is 14.9. The summed E-state index contributed by atoms with van der Waals surface area (Å²) in [6.45, 7) is 2.19. The van der Waals surface area contributed by atoms with Gasteiger partial charge in [0.2, 0.25) is 0 Å². The number of carbonyl (C=O) groups is 1. The second-order valence-electron chi connectivity index (χ2n) is 8.12. The Kier molecular flexibility index (Phi) is 5.41. The highest BCUT2D eigenvalue weighted by Gasteiger charge is 2.26. The molecule has 7 heteroatoms. The number of hydrogen-bond donors (Lipinski definition) is 2. The molecule has 1 fully saturated rings. The van der Waals surface area contributed by atoms with E-state index < -0.39 is 17.5 Å². The molecule has 1 aliphatic rings. The smallest absolute Gasteiger partial charge is 0.251 e. The number of carbonyl (C=O) groups excluding carboxylic acids is 1. The summed E-state index contributed by atoms with van der Waals surface area (Å²) in [5.74, 6) is -1.98. The fraction of sp³-hybridized carbons (Fsp3) is 0.200. The summed E-state index contributed by atoms with van der Waals surface area (Å²) in [4.78, 5) is 22.5. The third kappa shape index (κ3) is 4.11. The van der Waals surface area contributed by atoms with Gasteiger partial charge in [0.25, 0.3) is 5.91 Å². The number of aromatic nitrogens is 2. The van der Waals surface area contributed by atoms with Gasteiger partial charge in [0.05, 0.1) is 5.69 Å². The maximum absolute atomic E-state index is 13.4. The lowest BCUT2D eigenvalue weighted by Crippen LogP contribution is -2.37. The zero-order valence-corrected chi connectivity index (χ0v) is 17.3. The van der Waals surface area contributed by atoms with E-state index in [1.165, 1.54) is 5.56 Å². The molecule has 32 heavy (non-hydrogen) atoms. The number of pyridine rings is 1. The second kappa shape index (κ2) is 8.51. The van der Waals surface area contributed by atoms with E-state index in [1.54, 1.807) is 6.20 Å². The van der Waals surface area contributed by atoms with Crippen LogP contribution in [0.1, 0.15) is 22.3 Å². The van der Waals surface area contributed by atoms with Gasteiger partial charge in [0.15, 0.2) is 0 Å². The van der Waals surface area contributed by atoms with Crippen molar-refractivity contribution >= 4 is 16.8 Å². The number of benzene rings is 2. The number of likely N-dealkylation sites (tertiary alicyclic amines) is 1. The van der Waals surface area contributed by atoms with Gasteiger partial charge in [-0.2, -0.15) is 0 Å². The number of halogens is 2. The Morgan fingerprint density at radius 1 is 1.12 bits per heavy atom. The molecule has 2 aromatic carbocycles. The summed E-state index contributed by atoms with van der Waals surface area (Å²) in [7, 11) is 0. The molecule has 2 aromatic heterocycles. The van der Waals surface area contributed by atoms with E-state index >= 15 is 0 Å².